The van der Waals surface area contributed by atoms with E-state index in [1.807, 2.05) is 84.9 Å². The van der Waals surface area contributed by atoms with E-state index in [9.17, 15) is 4.79 Å². The second kappa shape index (κ2) is 8.18. The molecule has 1 N–H and O–H groups in total. The fourth-order valence-electron chi connectivity index (χ4n) is 2.25. The highest BCUT2D eigenvalue weighted by Crippen LogP contribution is 2.33. The predicted octanol–water partition coefficient (Wildman–Crippen LogP) is 5.67. The molecule has 0 saturated heterocycles. The minimum atomic E-state index is -0.159. The molecule has 0 radical (unpaired) electrons. The van der Waals surface area contributed by atoms with Gasteiger partial charge in [-0.05, 0) is 42.0 Å². The van der Waals surface area contributed by atoms with Gasteiger partial charge in [-0.15, -0.1) is 0 Å². The second-order valence-electron chi connectivity index (χ2n) is 5.20. The molecule has 4 heteroatoms. The quantitative estimate of drug-likeness (QED) is 0.443. The number of rotatable bonds is 5. The Balaban J connectivity index is 1.84. The van der Waals surface area contributed by atoms with Gasteiger partial charge in [0.05, 0.1) is 0 Å². The Hall–Kier alpha value is -2.04. The normalized spacial score (nSPS) is 11.7. The van der Waals surface area contributed by atoms with Crippen LogP contribution in [-0.2, 0) is 0 Å². The molecule has 0 aromatic heterocycles. The Morgan fingerprint density at radius 2 is 1.42 bits per heavy atom. The van der Waals surface area contributed by atoms with Crippen molar-refractivity contribution in [2.75, 3.05) is 0 Å². The molecule has 3 aromatic rings. The topological polar surface area (TPSA) is 29.1 Å². The zero-order chi connectivity index (χ0) is 16.8. The van der Waals surface area contributed by atoms with E-state index in [2.05, 4.69) is 21.2 Å². The van der Waals surface area contributed by atoms with Crippen molar-refractivity contribution >= 4 is 33.6 Å². The monoisotopic (exact) mass is 397 g/mol. The Bertz CT molecular complexity index is 791. The maximum Gasteiger partial charge on any atom is 0.252 e. The summed E-state index contributed by atoms with van der Waals surface area (Å²) in [6.07, 6.45) is 0. The summed E-state index contributed by atoms with van der Waals surface area (Å²) in [5, 5.41) is 2.97. The third kappa shape index (κ3) is 4.49. The lowest BCUT2D eigenvalue weighted by molar-refractivity contribution is 0.0949. The van der Waals surface area contributed by atoms with Gasteiger partial charge in [-0.25, -0.2) is 0 Å². The molecule has 0 aliphatic rings. The number of carbonyl (C=O) groups is 1. The second-order valence-corrected chi connectivity index (χ2v) is 7.30. The van der Waals surface area contributed by atoms with Crippen molar-refractivity contribution in [2.24, 2.45) is 0 Å². The maximum atomic E-state index is 12.6. The number of benzene rings is 3. The summed E-state index contributed by atoms with van der Waals surface area (Å²) in [6, 6.07) is 27.4. The zero-order valence-electron chi connectivity index (χ0n) is 12.9. The zero-order valence-corrected chi connectivity index (χ0v) is 15.3. The molecule has 0 saturated carbocycles. The highest BCUT2D eigenvalue weighted by Gasteiger charge is 2.17. The summed E-state index contributed by atoms with van der Waals surface area (Å²) >= 11 is 5.08. The summed E-state index contributed by atoms with van der Waals surface area (Å²) in [5.74, 6) is -0.0769. The lowest BCUT2D eigenvalue weighted by Crippen LogP contribution is -2.26. The standard InChI is InChI=1S/C20H16BrNOS/c21-17-13-11-16(12-14-17)20(24-18-9-5-2-6-10-18)22-19(23)15-7-3-1-4-8-15/h1-14,20H,(H,22,23)/t20-/m0/s1. The van der Waals surface area contributed by atoms with E-state index < -0.39 is 0 Å². The van der Waals surface area contributed by atoms with Crippen molar-refractivity contribution in [1.29, 1.82) is 0 Å². The summed E-state index contributed by atoms with van der Waals surface area (Å²) in [5.41, 5.74) is 1.71. The van der Waals surface area contributed by atoms with E-state index in [-0.39, 0.29) is 11.3 Å². The van der Waals surface area contributed by atoms with E-state index in [4.69, 9.17) is 0 Å². The largest absolute Gasteiger partial charge is 0.336 e. The van der Waals surface area contributed by atoms with Gasteiger partial charge in [0.1, 0.15) is 5.37 Å². The Morgan fingerprint density at radius 3 is 2.04 bits per heavy atom. The fraction of sp³-hybridized carbons (Fsp3) is 0.0500. The van der Waals surface area contributed by atoms with E-state index in [0.29, 0.717) is 5.56 Å². The van der Waals surface area contributed by atoms with E-state index in [1.165, 1.54) is 0 Å². The highest BCUT2D eigenvalue weighted by atomic mass is 79.9. The number of nitrogens with one attached hydrogen (secondary N) is 1. The molecule has 120 valence electrons. The van der Waals surface area contributed by atoms with Crippen molar-refractivity contribution in [2.45, 2.75) is 10.3 Å². The smallest absolute Gasteiger partial charge is 0.252 e. The van der Waals surface area contributed by atoms with Gasteiger partial charge in [0.2, 0.25) is 0 Å². The number of amides is 1. The van der Waals surface area contributed by atoms with Crippen LogP contribution in [0, 0.1) is 0 Å². The average molecular weight is 398 g/mol. The summed E-state index contributed by atoms with van der Waals surface area (Å²) in [4.78, 5) is 13.7. The third-order valence-corrected chi connectivity index (χ3v) is 5.17. The first-order valence-electron chi connectivity index (χ1n) is 7.55. The summed E-state index contributed by atoms with van der Waals surface area (Å²) in [6.45, 7) is 0. The van der Waals surface area contributed by atoms with Crippen molar-refractivity contribution in [1.82, 2.24) is 5.32 Å². The van der Waals surface area contributed by atoms with Crippen LogP contribution in [0.1, 0.15) is 21.3 Å². The van der Waals surface area contributed by atoms with Crippen LogP contribution in [0.4, 0.5) is 0 Å². The van der Waals surface area contributed by atoms with Crippen LogP contribution in [0.3, 0.4) is 0 Å². The minimum Gasteiger partial charge on any atom is -0.336 e. The number of carbonyl (C=O) groups excluding carboxylic acids is 1. The van der Waals surface area contributed by atoms with Crippen LogP contribution in [0.25, 0.3) is 0 Å². The van der Waals surface area contributed by atoms with Gasteiger partial charge in [-0.3, -0.25) is 4.79 Å². The summed E-state index contributed by atoms with van der Waals surface area (Å²) in [7, 11) is 0. The Kier molecular flexibility index (Phi) is 5.72. The van der Waals surface area contributed by atoms with Crippen LogP contribution in [0.15, 0.2) is 94.3 Å². The van der Waals surface area contributed by atoms with E-state index in [0.717, 1.165) is 14.9 Å². The molecule has 1 amide bonds. The van der Waals surface area contributed by atoms with Gasteiger partial charge in [0.25, 0.3) is 5.91 Å². The molecule has 2 nitrogen and oxygen atoms in total. The van der Waals surface area contributed by atoms with E-state index >= 15 is 0 Å². The van der Waals surface area contributed by atoms with Crippen molar-refractivity contribution in [3.63, 3.8) is 0 Å². The molecule has 0 unspecified atom stereocenters. The van der Waals surface area contributed by atoms with Crippen LogP contribution in [0.2, 0.25) is 0 Å². The molecule has 3 rings (SSSR count). The third-order valence-electron chi connectivity index (χ3n) is 3.47. The Labute approximate surface area is 154 Å². The molecule has 0 spiro atoms. The van der Waals surface area contributed by atoms with Gasteiger partial charge in [0, 0.05) is 14.9 Å². The molecule has 1 atom stereocenters. The minimum absolute atomic E-state index is 0.0769. The molecule has 0 aliphatic carbocycles. The lowest BCUT2D eigenvalue weighted by Gasteiger charge is -2.19. The lowest BCUT2D eigenvalue weighted by atomic mass is 10.2. The van der Waals surface area contributed by atoms with Crippen molar-refractivity contribution < 1.29 is 4.79 Å². The first-order chi connectivity index (χ1) is 11.7. The number of hydrogen-bond donors (Lipinski definition) is 1. The van der Waals surface area contributed by atoms with Gasteiger partial charge in [-0.2, -0.15) is 0 Å². The first-order valence-corrected chi connectivity index (χ1v) is 9.23. The van der Waals surface area contributed by atoms with Crippen molar-refractivity contribution in [3.8, 4) is 0 Å². The molecular formula is C20H16BrNOS. The molecule has 3 aromatic carbocycles. The predicted molar refractivity (Wildman–Crippen MR) is 103 cm³/mol. The Morgan fingerprint density at radius 1 is 0.833 bits per heavy atom. The molecular weight excluding hydrogens is 382 g/mol. The van der Waals surface area contributed by atoms with Gasteiger partial charge < -0.3 is 5.32 Å². The van der Waals surface area contributed by atoms with Gasteiger partial charge in [-0.1, -0.05) is 76.2 Å². The van der Waals surface area contributed by atoms with E-state index in [1.54, 1.807) is 11.8 Å². The first kappa shape index (κ1) is 16.8. The molecule has 0 aliphatic heterocycles. The van der Waals surface area contributed by atoms with Gasteiger partial charge in [0.15, 0.2) is 0 Å². The average Bonchev–Trinajstić information content (AvgIpc) is 2.63. The van der Waals surface area contributed by atoms with Crippen LogP contribution < -0.4 is 5.32 Å². The number of hydrogen-bond acceptors (Lipinski definition) is 2. The number of thioether (sulfide) groups is 1. The highest BCUT2D eigenvalue weighted by molar-refractivity contribution is 9.10. The van der Waals surface area contributed by atoms with Crippen LogP contribution >= 0.6 is 27.7 Å². The molecule has 0 heterocycles. The van der Waals surface area contributed by atoms with Gasteiger partial charge >= 0.3 is 0 Å². The van der Waals surface area contributed by atoms with Crippen LogP contribution in [0.5, 0.6) is 0 Å². The summed E-state index contributed by atoms with van der Waals surface area (Å²) < 4.78 is 1.02. The van der Waals surface area contributed by atoms with Crippen molar-refractivity contribution in [3.05, 3.63) is 101 Å². The molecule has 0 fully saturated rings. The number of halogens is 1. The van der Waals surface area contributed by atoms with Crippen LogP contribution in [-0.4, -0.2) is 5.91 Å². The molecule has 24 heavy (non-hydrogen) atoms. The maximum absolute atomic E-state index is 12.6. The molecule has 0 bridgehead atoms. The fourth-order valence-corrected chi connectivity index (χ4v) is 3.56. The SMILES string of the molecule is O=C(N[C@@H](Sc1ccccc1)c1ccc(Br)cc1)c1ccccc1.